The molecule has 3 nitrogen and oxygen atoms in total. The molecule has 1 heterocycles. The fourth-order valence-electron chi connectivity index (χ4n) is 1.99. The average Bonchev–Trinajstić information content (AvgIpc) is 2.74. The van der Waals surface area contributed by atoms with Crippen LogP contribution in [0.2, 0.25) is 0 Å². The van der Waals surface area contributed by atoms with Crippen LogP contribution in [0.4, 0.5) is 4.39 Å². The van der Waals surface area contributed by atoms with Gasteiger partial charge in [0.15, 0.2) is 0 Å². The Morgan fingerprint density at radius 1 is 1.21 bits per heavy atom. The predicted octanol–water partition coefficient (Wildman–Crippen LogP) is 3.50. The molecular formula is C15H19FN2O. The van der Waals surface area contributed by atoms with E-state index in [9.17, 15) is 9.50 Å². The van der Waals surface area contributed by atoms with Crippen molar-refractivity contribution in [3.05, 3.63) is 42.1 Å². The monoisotopic (exact) mass is 262 g/mol. The number of aliphatic hydroxyl groups excluding tert-OH is 1. The normalized spacial score (nSPS) is 13.6. The van der Waals surface area contributed by atoms with Crippen LogP contribution in [0.25, 0.3) is 11.3 Å². The summed E-state index contributed by atoms with van der Waals surface area (Å²) in [4.78, 5) is 4.58. The highest BCUT2D eigenvalue weighted by atomic mass is 19.1. The van der Waals surface area contributed by atoms with Crippen molar-refractivity contribution in [2.45, 2.75) is 39.3 Å². The van der Waals surface area contributed by atoms with Crippen LogP contribution < -0.4 is 0 Å². The lowest BCUT2D eigenvalue weighted by atomic mass is 9.95. The van der Waals surface area contributed by atoms with E-state index in [0.29, 0.717) is 0 Å². The first-order valence-corrected chi connectivity index (χ1v) is 6.32. The molecule has 1 aromatic carbocycles. The minimum Gasteiger partial charge on any atom is -0.374 e. The molecule has 1 atom stereocenters. The number of aliphatic hydroxyl groups is 1. The fourth-order valence-corrected chi connectivity index (χ4v) is 1.99. The van der Waals surface area contributed by atoms with Gasteiger partial charge in [0.05, 0.1) is 5.69 Å². The number of halogens is 1. The zero-order valence-electron chi connectivity index (χ0n) is 11.7. The van der Waals surface area contributed by atoms with Crippen LogP contribution in [0.5, 0.6) is 0 Å². The van der Waals surface area contributed by atoms with Crippen LogP contribution in [-0.2, 0) is 5.41 Å². The Balaban J connectivity index is 2.52. The van der Waals surface area contributed by atoms with Gasteiger partial charge in [-0.3, -0.25) is 0 Å². The second-order valence-corrected chi connectivity index (χ2v) is 5.75. The molecule has 4 heteroatoms. The van der Waals surface area contributed by atoms with Crippen molar-refractivity contribution in [2.24, 2.45) is 0 Å². The summed E-state index contributed by atoms with van der Waals surface area (Å²) in [5, 5.41) is 9.84. The summed E-state index contributed by atoms with van der Waals surface area (Å²) in [5.41, 5.74) is 1.41. The molecule has 0 spiro atoms. The van der Waals surface area contributed by atoms with Crippen molar-refractivity contribution in [1.82, 2.24) is 9.55 Å². The molecule has 19 heavy (non-hydrogen) atoms. The SMILES string of the molecule is CC(O)n1cc(-c2ccc(F)cc2)nc1C(C)(C)C. The summed E-state index contributed by atoms with van der Waals surface area (Å²) in [7, 11) is 0. The van der Waals surface area contributed by atoms with Gasteiger partial charge in [-0.25, -0.2) is 9.37 Å². The van der Waals surface area contributed by atoms with Gasteiger partial charge in [-0.15, -0.1) is 0 Å². The van der Waals surface area contributed by atoms with Crippen LogP contribution in [0, 0.1) is 5.82 Å². The second kappa shape index (κ2) is 4.78. The highest BCUT2D eigenvalue weighted by Crippen LogP contribution is 2.28. The van der Waals surface area contributed by atoms with Crippen molar-refractivity contribution in [3.63, 3.8) is 0 Å². The van der Waals surface area contributed by atoms with Crippen molar-refractivity contribution < 1.29 is 9.50 Å². The Bertz CT molecular complexity index is 565. The number of hydrogen-bond acceptors (Lipinski definition) is 2. The molecule has 1 N–H and O–H groups in total. The Morgan fingerprint density at radius 2 is 1.79 bits per heavy atom. The highest BCUT2D eigenvalue weighted by Gasteiger charge is 2.23. The molecule has 2 aromatic rings. The molecule has 0 saturated heterocycles. The third kappa shape index (κ3) is 2.84. The molecule has 0 saturated carbocycles. The van der Waals surface area contributed by atoms with Gasteiger partial charge >= 0.3 is 0 Å². The van der Waals surface area contributed by atoms with Gasteiger partial charge in [0.1, 0.15) is 17.9 Å². The molecule has 102 valence electrons. The summed E-state index contributed by atoms with van der Waals surface area (Å²) >= 11 is 0. The van der Waals surface area contributed by atoms with E-state index in [0.717, 1.165) is 17.1 Å². The molecule has 1 aromatic heterocycles. The van der Waals surface area contributed by atoms with Gasteiger partial charge in [0.25, 0.3) is 0 Å². The van der Waals surface area contributed by atoms with E-state index in [1.54, 1.807) is 29.8 Å². The van der Waals surface area contributed by atoms with E-state index in [1.165, 1.54) is 12.1 Å². The third-order valence-corrected chi connectivity index (χ3v) is 2.95. The van der Waals surface area contributed by atoms with Crippen LogP contribution in [0.1, 0.15) is 39.7 Å². The van der Waals surface area contributed by atoms with Gasteiger partial charge in [-0.2, -0.15) is 0 Å². The predicted molar refractivity (Wildman–Crippen MR) is 73.3 cm³/mol. The van der Waals surface area contributed by atoms with E-state index in [2.05, 4.69) is 4.98 Å². The maximum atomic E-state index is 12.9. The van der Waals surface area contributed by atoms with Gasteiger partial charge in [-0.05, 0) is 31.2 Å². The lowest BCUT2D eigenvalue weighted by Gasteiger charge is -2.21. The fraction of sp³-hybridized carbons (Fsp3) is 0.400. The minimum absolute atomic E-state index is 0.171. The average molecular weight is 262 g/mol. The van der Waals surface area contributed by atoms with Crippen molar-refractivity contribution in [1.29, 1.82) is 0 Å². The molecular weight excluding hydrogens is 243 g/mol. The molecule has 0 fully saturated rings. The van der Waals surface area contributed by atoms with Crippen molar-refractivity contribution >= 4 is 0 Å². The van der Waals surface area contributed by atoms with E-state index >= 15 is 0 Å². The molecule has 0 aliphatic rings. The first-order valence-electron chi connectivity index (χ1n) is 6.32. The molecule has 0 amide bonds. The Hall–Kier alpha value is -1.68. The van der Waals surface area contributed by atoms with E-state index in [-0.39, 0.29) is 11.2 Å². The molecule has 1 unspecified atom stereocenters. The number of nitrogens with zero attached hydrogens (tertiary/aromatic N) is 2. The van der Waals surface area contributed by atoms with E-state index in [1.807, 2.05) is 20.8 Å². The van der Waals surface area contributed by atoms with Crippen molar-refractivity contribution in [2.75, 3.05) is 0 Å². The quantitative estimate of drug-likeness (QED) is 0.899. The Labute approximate surface area is 112 Å². The zero-order chi connectivity index (χ0) is 14.2. The second-order valence-electron chi connectivity index (χ2n) is 5.75. The standard InChI is InChI=1S/C15H19FN2O/c1-10(19)18-9-13(17-14(18)15(2,3)4)11-5-7-12(16)8-6-11/h5-10,19H,1-4H3. The largest absolute Gasteiger partial charge is 0.374 e. The maximum absolute atomic E-state index is 12.9. The van der Waals surface area contributed by atoms with Crippen LogP contribution in [-0.4, -0.2) is 14.7 Å². The summed E-state index contributed by atoms with van der Waals surface area (Å²) in [5.74, 6) is 0.538. The lowest BCUT2D eigenvalue weighted by molar-refractivity contribution is 0.117. The minimum atomic E-state index is -0.643. The molecule has 0 aliphatic carbocycles. The number of rotatable bonds is 2. The Morgan fingerprint density at radius 3 is 2.21 bits per heavy atom. The molecule has 0 aliphatic heterocycles. The number of hydrogen-bond donors (Lipinski definition) is 1. The van der Waals surface area contributed by atoms with Crippen LogP contribution >= 0.6 is 0 Å². The number of benzene rings is 1. The maximum Gasteiger partial charge on any atom is 0.129 e. The summed E-state index contributed by atoms with van der Waals surface area (Å²) in [6, 6.07) is 6.20. The summed E-state index contributed by atoms with van der Waals surface area (Å²) < 4.78 is 14.7. The summed E-state index contributed by atoms with van der Waals surface area (Å²) in [6.45, 7) is 7.83. The number of aromatic nitrogens is 2. The van der Waals surface area contributed by atoms with Gasteiger partial charge in [0.2, 0.25) is 0 Å². The van der Waals surface area contributed by atoms with E-state index in [4.69, 9.17) is 0 Å². The number of imidazole rings is 1. The van der Waals surface area contributed by atoms with Crippen LogP contribution in [0.3, 0.4) is 0 Å². The molecule has 0 bridgehead atoms. The van der Waals surface area contributed by atoms with Gasteiger partial charge in [0, 0.05) is 17.2 Å². The van der Waals surface area contributed by atoms with Crippen LogP contribution in [0.15, 0.2) is 30.5 Å². The molecule has 2 rings (SSSR count). The van der Waals surface area contributed by atoms with E-state index < -0.39 is 6.23 Å². The smallest absolute Gasteiger partial charge is 0.129 e. The topological polar surface area (TPSA) is 38.0 Å². The first-order chi connectivity index (χ1) is 8.79. The van der Waals surface area contributed by atoms with Gasteiger partial charge in [-0.1, -0.05) is 20.8 Å². The lowest BCUT2D eigenvalue weighted by Crippen LogP contribution is -2.20. The molecule has 0 radical (unpaired) electrons. The zero-order valence-corrected chi connectivity index (χ0v) is 11.7. The van der Waals surface area contributed by atoms with Crippen molar-refractivity contribution in [3.8, 4) is 11.3 Å². The van der Waals surface area contributed by atoms with Gasteiger partial charge < -0.3 is 9.67 Å². The highest BCUT2D eigenvalue weighted by molar-refractivity contribution is 5.58. The third-order valence-electron chi connectivity index (χ3n) is 2.95. The summed E-state index contributed by atoms with van der Waals surface area (Å²) in [6.07, 6.45) is 1.16. The Kier molecular flexibility index (Phi) is 3.45. The first kappa shape index (κ1) is 13.7.